The van der Waals surface area contributed by atoms with Crippen LogP contribution >= 0.6 is 22.6 Å². The molecule has 9 heteroatoms. The SMILES string of the molecule is COCOc1cc(OCOC)c(C(=O)c2ccc(OC)cc2)c(C(I)C(=O)O)c1. The first-order valence-corrected chi connectivity index (χ1v) is 9.64. The van der Waals surface area contributed by atoms with Gasteiger partial charge in [0.05, 0.1) is 12.7 Å². The molecule has 0 radical (unpaired) electrons. The maximum absolute atomic E-state index is 13.3. The summed E-state index contributed by atoms with van der Waals surface area (Å²) < 4.78 is 25.0. The number of ketones is 1. The van der Waals surface area contributed by atoms with Gasteiger partial charge in [0.15, 0.2) is 19.4 Å². The van der Waals surface area contributed by atoms with Gasteiger partial charge in [0, 0.05) is 25.8 Å². The monoisotopic (exact) mass is 516 g/mol. The number of benzene rings is 2. The lowest BCUT2D eigenvalue weighted by molar-refractivity contribution is -0.136. The second-order valence-electron chi connectivity index (χ2n) is 5.75. The number of halogens is 1. The van der Waals surface area contributed by atoms with Crippen molar-refractivity contribution in [3.05, 3.63) is 53.1 Å². The molecule has 2 rings (SSSR count). The first-order chi connectivity index (χ1) is 13.9. The minimum Gasteiger partial charge on any atom is -0.497 e. The zero-order valence-electron chi connectivity index (χ0n) is 16.1. The number of carbonyl (C=O) groups is 2. The minimum absolute atomic E-state index is 0.0477. The van der Waals surface area contributed by atoms with E-state index < -0.39 is 15.7 Å². The van der Waals surface area contributed by atoms with E-state index in [2.05, 4.69) is 0 Å². The summed E-state index contributed by atoms with van der Waals surface area (Å²) in [7, 11) is 4.43. The van der Waals surface area contributed by atoms with Crippen LogP contribution in [-0.4, -0.2) is 51.8 Å². The topological polar surface area (TPSA) is 101 Å². The van der Waals surface area contributed by atoms with E-state index in [9.17, 15) is 14.7 Å². The quantitative estimate of drug-likeness (QED) is 0.210. The second-order valence-corrected chi connectivity index (χ2v) is 6.99. The number of methoxy groups -OCH3 is 3. The Bertz CT molecular complexity index is 850. The van der Waals surface area contributed by atoms with E-state index in [4.69, 9.17) is 23.7 Å². The molecule has 1 N–H and O–H groups in total. The van der Waals surface area contributed by atoms with Gasteiger partial charge in [-0.2, -0.15) is 0 Å². The lowest BCUT2D eigenvalue weighted by atomic mass is 9.95. The fourth-order valence-corrected chi connectivity index (χ4v) is 3.01. The molecule has 156 valence electrons. The van der Waals surface area contributed by atoms with Crippen LogP contribution in [0.1, 0.15) is 25.4 Å². The van der Waals surface area contributed by atoms with Gasteiger partial charge in [-0.1, -0.05) is 22.6 Å². The molecule has 2 aromatic carbocycles. The van der Waals surface area contributed by atoms with Crippen LogP contribution < -0.4 is 14.2 Å². The molecule has 0 aliphatic rings. The molecule has 0 fully saturated rings. The van der Waals surface area contributed by atoms with Crippen molar-refractivity contribution in [2.45, 2.75) is 3.92 Å². The van der Waals surface area contributed by atoms with Crippen molar-refractivity contribution in [1.82, 2.24) is 0 Å². The average molecular weight is 516 g/mol. The molecule has 0 bridgehead atoms. The van der Waals surface area contributed by atoms with Crippen molar-refractivity contribution in [1.29, 1.82) is 0 Å². The Morgan fingerprint density at radius 1 is 0.966 bits per heavy atom. The summed E-state index contributed by atoms with van der Waals surface area (Å²) in [6.45, 7) is -0.178. The fraction of sp³-hybridized carbons (Fsp3) is 0.300. The number of hydrogen-bond donors (Lipinski definition) is 1. The maximum atomic E-state index is 13.3. The van der Waals surface area contributed by atoms with E-state index in [-0.39, 0.29) is 30.5 Å². The molecular weight excluding hydrogens is 495 g/mol. The van der Waals surface area contributed by atoms with Crippen molar-refractivity contribution in [3.8, 4) is 17.2 Å². The van der Waals surface area contributed by atoms with E-state index in [1.807, 2.05) is 0 Å². The van der Waals surface area contributed by atoms with E-state index in [0.29, 0.717) is 17.1 Å². The summed E-state index contributed by atoms with van der Waals surface area (Å²) >= 11 is 1.75. The molecule has 0 aliphatic heterocycles. The average Bonchev–Trinajstić information content (AvgIpc) is 2.74. The van der Waals surface area contributed by atoms with Gasteiger partial charge in [0.1, 0.15) is 21.2 Å². The molecule has 2 aromatic rings. The predicted molar refractivity (Wildman–Crippen MR) is 112 cm³/mol. The van der Waals surface area contributed by atoms with Crippen LogP contribution in [0.4, 0.5) is 0 Å². The summed E-state index contributed by atoms with van der Waals surface area (Å²) in [6.07, 6.45) is 0. The third-order valence-corrected chi connectivity index (χ3v) is 5.05. The highest BCUT2D eigenvalue weighted by Crippen LogP contribution is 2.38. The zero-order valence-corrected chi connectivity index (χ0v) is 18.3. The molecule has 0 heterocycles. The highest BCUT2D eigenvalue weighted by atomic mass is 127. The molecule has 1 unspecified atom stereocenters. The number of carboxylic acids is 1. The van der Waals surface area contributed by atoms with Crippen LogP contribution in [-0.2, 0) is 14.3 Å². The highest BCUT2D eigenvalue weighted by Gasteiger charge is 2.28. The number of alkyl halides is 1. The fourth-order valence-electron chi connectivity index (χ4n) is 2.52. The third kappa shape index (κ3) is 5.81. The Hall–Kier alpha value is -2.37. The van der Waals surface area contributed by atoms with Crippen LogP contribution in [0.15, 0.2) is 36.4 Å². The highest BCUT2D eigenvalue weighted by molar-refractivity contribution is 14.1. The first-order valence-electron chi connectivity index (χ1n) is 8.40. The van der Waals surface area contributed by atoms with Crippen LogP contribution in [0.2, 0.25) is 0 Å². The van der Waals surface area contributed by atoms with Crippen molar-refractivity contribution < 1.29 is 38.4 Å². The van der Waals surface area contributed by atoms with Crippen molar-refractivity contribution in [3.63, 3.8) is 0 Å². The number of carboxylic acid groups (broad SMARTS) is 1. The van der Waals surface area contributed by atoms with Gasteiger partial charge in [-0.15, -0.1) is 0 Å². The Labute approximate surface area is 181 Å². The molecule has 29 heavy (non-hydrogen) atoms. The summed E-state index contributed by atoms with van der Waals surface area (Å²) in [5, 5.41) is 9.55. The first kappa shape index (κ1) is 22.9. The van der Waals surface area contributed by atoms with E-state index in [1.54, 1.807) is 46.9 Å². The molecular formula is C20H21IO8. The van der Waals surface area contributed by atoms with Gasteiger partial charge >= 0.3 is 5.97 Å². The van der Waals surface area contributed by atoms with Crippen LogP contribution in [0.25, 0.3) is 0 Å². The second kappa shape index (κ2) is 11.0. The third-order valence-electron chi connectivity index (χ3n) is 3.85. The summed E-state index contributed by atoms with van der Waals surface area (Å²) in [5.74, 6) is -0.439. The van der Waals surface area contributed by atoms with Crippen LogP contribution in [0.5, 0.6) is 17.2 Å². The van der Waals surface area contributed by atoms with E-state index in [1.165, 1.54) is 33.5 Å². The van der Waals surface area contributed by atoms with Crippen molar-refractivity contribution in [2.24, 2.45) is 0 Å². The minimum atomic E-state index is -1.10. The van der Waals surface area contributed by atoms with Crippen molar-refractivity contribution >= 4 is 34.3 Å². The number of ether oxygens (including phenoxy) is 5. The van der Waals surface area contributed by atoms with Gasteiger partial charge in [0.2, 0.25) is 0 Å². The number of aliphatic carboxylic acids is 1. The smallest absolute Gasteiger partial charge is 0.321 e. The van der Waals surface area contributed by atoms with Gasteiger partial charge in [-0.25, -0.2) is 0 Å². The summed E-state index contributed by atoms with van der Waals surface area (Å²) in [4.78, 5) is 25.0. The Morgan fingerprint density at radius 2 is 1.59 bits per heavy atom. The molecule has 0 spiro atoms. The molecule has 1 atom stereocenters. The molecule has 0 saturated heterocycles. The number of rotatable bonds is 11. The predicted octanol–water partition coefficient (Wildman–Crippen LogP) is 3.45. The Kier molecular flexibility index (Phi) is 8.68. The van der Waals surface area contributed by atoms with Crippen LogP contribution in [0, 0.1) is 0 Å². The largest absolute Gasteiger partial charge is 0.497 e. The lowest BCUT2D eigenvalue weighted by Crippen LogP contribution is -2.15. The van der Waals surface area contributed by atoms with Gasteiger partial charge < -0.3 is 28.8 Å². The number of hydrogen-bond acceptors (Lipinski definition) is 7. The molecule has 8 nitrogen and oxygen atoms in total. The van der Waals surface area contributed by atoms with Crippen molar-refractivity contribution in [2.75, 3.05) is 34.9 Å². The normalized spacial score (nSPS) is 11.6. The maximum Gasteiger partial charge on any atom is 0.321 e. The molecule has 0 aromatic heterocycles. The van der Waals surface area contributed by atoms with Crippen LogP contribution in [0.3, 0.4) is 0 Å². The molecule has 0 amide bonds. The Morgan fingerprint density at radius 3 is 2.14 bits per heavy atom. The summed E-state index contributed by atoms with van der Waals surface area (Å²) in [5.41, 5.74) is 0.728. The molecule has 0 saturated carbocycles. The standard InChI is InChI=1S/C20H21IO8/c1-25-10-28-14-8-15(18(21)20(23)24)17(16(9-14)29-11-26-2)19(22)12-4-6-13(27-3)7-5-12/h4-9,18H,10-11H2,1-3H3,(H,23,24). The van der Waals surface area contributed by atoms with E-state index in [0.717, 1.165) is 0 Å². The number of carbonyl (C=O) groups excluding carboxylic acids is 1. The lowest BCUT2D eigenvalue weighted by Gasteiger charge is -2.18. The van der Waals surface area contributed by atoms with Gasteiger partial charge in [-0.05, 0) is 35.9 Å². The zero-order chi connectivity index (χ0) is 21.4. The van der Waals surface area contributed by atoms with Gasteiger partial charge in [0.25, 0.3) is 0 Å². The van der Waals surface area contributed by atoms with E-state index >= 15 is 0 Å². The van der Waals surface area contributed by atoms with Gasteiger partial charge in [-0.3, -0.25) is 9.59 Å². The molecule has 0 aliphatic carbocycles. The Balaban J connectivity index is 2.62. The summed E-state index contributed by atoms with van der Waals surface area (Å²) in [6, 6.07) is 9.51.